The predicted octanol–water partition coefficient (Wildman–Crippen LogP) is 4.11. The highest BCUT2D eigenvalue weighted by molar-refractivity contribution is 7.98. The quantitative estimate of drug-likeness (QED) is 0.420. The van der Waals surface area contributed by atoms with Crippen molar-refractivity contribution in [2.24, 2.45) is 0 Å². The van der Waals surface area contributed by atoms with Crippen LogP contribution in [0.5, 0.6) is 5.75 Å². The summed E-state index contributed by atoms with van der Waals surface area (Å²) in [4.78, 5) is 12.6. The summed E-state index contributed by atoms with van der Waals surface area (Å²) in [5.41, 5.74) is -0.798. The van der Waals surface area contributed by atoms with Crippen LogP contribution in [-0.2, 0) is 4.79 Å². The van der Waals surface area contributed by atoms with Crippen LogP contribution < -0.4 is 4.74 Å². The number of allylic oxidation sites excluding steroid dienone is 1. The third-order valence-corrected chi connectivity index (χ3v) is 4.00. The minimum absolute atomic E-state index is 0.000926. The standard InChI is InChI=1S/C15H14ClF4NO2S/c1-24-7-23-8-4-10(17)14(11(18)5-8)12-3-2-9(16)15(22)21(12)6-13(19)20/h3-5,9,13H,2,6-7H2,1H3. The number of ether oxygens (including phenoxy) is 1. The highest BCUT2D eigenvalue weighted by Crippen LogP contribution is 2.33. The molecule has 1 atom stereocenters. The Morgan fingerprint density at radius 3 is 2.54 bits per heavy atom. The van der Waals surface area contributed by atoms with Crippen molar-refractivity contribution in [2.75, 3.05) is 18.7 Å². The second kappa shape index (κ2) is 8.11. The van der Waals surface area contributed by atoms with Crippen LogP contribution in [0.2, 0.25) is 0 Å². The molecule has 0 aromatic heterocycles. The molecule has 24 heavy (non-hydrogen) atoms. The van der Waals surface area contributed by atoms with Gasteiger partial charge in [0.05, 0.1) is 17.8 Å². The number of carbonyl (C=O) groups is 1. The fraction of sp³-hybridized carbons (Fsp3) is 0.400. The van der Waals surface area contributed by atoms with Gasteiger partial charge in [-0.2, -0.15) is 0 Å². The summed E-state index contributed by atoms with van der Waals surface area (Å²) in [6.07, 6.45) is 0.170. The minimum atomic E-state index is -2.87. The SMILES string of the molecule is CSCOc1cc(F)c(C2=CCC(Cl)C(=O)N2CC(F)F)c(F)c1. The van der Waals surface area contributed by atoms with Crippen molar-refractivity contribution in [1.29, 1.82) is 0 Å². The Labute approximate surface area is 145 Å². The van der Waals surface area contributed by atoms with E-state index < -0.39 is 41.5 Å². The molecule has 3 nitrogen and oxygen atoms in total. The smallest absolute Gasteiger partial charge is 0.256 e. The maximum Gasteiger partial charge on any atom is 0.256 e. The highest BCUT2D eigenvalue weighted by atomic mass is 35.5. The summed E-state index contributed by atoms with van der Waals surface area (Å²) >= 11 is 7.09. The van der Waals surface area contributed by atoms with Crippen LogP contribution in [0, 0.1) is 11.6 Å². The largest absolute Gasteiger partial charge is 0.483 e. The molecule has 0 spiro atoms. The van der Waals surface area contributed by atoms with E-state index in [4.69, 9.17) is 16.3 Å². The molecule has 0 bridgehead atoms. The average molecular weight is 384 g/mol. The van der Waals surface area contributed by atoms with Crippen LogP contribution in [0.1, 0.15) is 12.0 Å². The number of hydrogen-bond donors (Lipinski definition) is 0. The number of halogens is 5. The molecule has 1 unspecified atom stereocenters. The number of nitrogens with zero attached hydrogens (tertiary/aromatic N) is 1. The van der Waals surface area contributed by atoms with E-state index in [0.717, 1.165) is 12.1 Å². The summed E-state index contributed by atoms with van der Waals surface area (Å²) in [6.45, 7) is -0.989. The predicted molar refractivity (Wildman–Crippen MR) is 85.3 cm³/mol. The molecule has 132 valence electrons. The fourth-order valence-electron chi connectivity index (χ4n) is 2.28. The van der Waals surface area contributed by atoms with Crippen molar-refractivity contribution < 1.29 is 27.1 Å². The minimum Gasteiger partial charge on any atom is -0.483 e. The summed E-state index contributed by atoms with van der Waals surface area (Å²) in [5, 5.41) is -1.04. The Kier molecular flexibility index (Phi) is 6.40. The van der Waals surface area contributed by atoms with Crippen LogP contribution >= 0.6 is 23.4 Å². The van der Waals surface area contributed by atoms with E-state index in [9.17, 15) is 22.4 Å². The van der Waals surface area contributed by atoms with Crippen molar-refractivity contribution in [1.82, 2.24) is 4.90 Å². The van der Waals surface area contributed by atoms with Gasteiger partial charge in [0, 0.05) is 12.1 Å². The molecule has 0 N–H and O–H groups in total. The zero-order valence-corrected chi connectivity index (χ0v) is 14.1. The number of carbonyl (C=O) groups excluding carboxylic acids is 1. The molecule has 1 amide bonds. The summed E-state index contributed by atoms with van der Waals surface area (Å²) in [6, 6.07) is 1.90. The zero-order valence-electron chi connectivity index (χ0n) is 12.6. The molecule has 1 aromatic rings. The molecule has 0 saturated carbocycles. The lowest BCUT2D eigenvalue weighted by atomic mass is 10.0. The average Bonchev–Trinajstić information content (AvgIpc) is 2.51. The van der Waals surface area contributed by atoms with Crippen molar-refractivity contribution in [2.45, 2.75) is 18.2 Å². The monoisotopic (exact) mass is 383 g/mol. The first-order valence-corrected chi connectivity index (χ1v) is 8.73. The zero-order chi connectivity index (χ0) is 17.9. The van der Waals surface area contributed by atoms with Crippen LogP contribution in [0.15, 0.2) is 18.2 Å². The Bertz CT molecular complexity index is 633. The molecule has 1 aliphatic heterocycles. The fourth-order valence-corrected chi connectivity index (χ4v) is 2.74. The van der Waals surface area contributed by atoms with Crippen molar-refractivity contribution in [3.8, 4) is 5.75 Å². The lowest BCUT2D eigenvalue weighted by Crippen LogP contribution is -2.41. The van der Waals surface area contributed by atoms with E-state index >= 15 is 0 Å². The number of thioether (sulfide) groups is 1. The molecule has 1 aliphatic rings. The van der Waals surface area contributed by atoms with Gasteiger partial charge in [0.15, 0.2) is 0 Å². The molecule has 1 heterocycles. The first-order chi connectivity index (χ1) is 11.3. The van der Waals surface area contributed by atoms with Crippen LogP contribution in [0.4, 0.5) is 17.6 Å². The second-order valence-electron chi connectivity index (χ2n) is 4.95. The van der Waals surface area contributed by atoms with E-state index in [0.29, 0.717) is 4.90 Å². The number of hydrogen-bond acceptors (Lipinski definition) is 3. The van der Waals surface area contributed by atoms with Gasteiger partial charge >= 0.3 is 0 Å². The molecule has 0 fully saturated rings. The molecule has 0 aliphatic carbocycles. The molecule has 0 saturated heterocycles. The number of rotatable bonds is 6. The van der Waals surface area contributed by atoms with E-state index in [1.54, 1.807) is 6.26 Å². The Morgan fingerprint density at radius 1 is 1.38 bits per heavy atom. The Balaban J connectivity index is 2.42. The van der Waals surface area contributed by atoms with Gasteiger partial charge < -0.3 is 9.64 Å². The van der Waals surface area contributed by atoms with Gasteiger partial charge in [0.1, 0.15) is 28.7 Å². The van der Waals surface area contributed by atoms with Gasteiger partial charge in [-0.05, 0) is 12.7 Å². The maximum absolute atomic E-state index is 14.3. The van der Waals surface area contributed by atoms with E-state index in [2.05, 4.69) is 0 Å². The summed E-state index contributed by atoms with van der Waals surface area (Å²) in [5.74, 6) is -2.64. The molecular weight excluding hydrogens is 370 g/mol. The van der Waals surface area contributed by atoms with E-state index in [1.807, 2.05) is 0 Å². The van der Waals surface area contributed by atoms with Gasteiger partial charge in [-0.1, -0.05) is 6.08 Å². The number of amides is 1. The first-order valence-electron chi connectivity index (χ1n) is 6.90. The topological polar surface area (TPSA) is 29.5 Å². The van der Waals surface area contributed by atoms with Crippen LogP contribution in [0.3, 0.4) is 0 Å². The molecular formula is C15H14ClF4NO2S. The lowest BCUT2D eigenvalue weighted by molar-refractivity contribution is -0.129. The molecule has 2 rings (SSSR count). The van der Waals surface area contributed by atoms with Gasteiger partial charge in [-0.25, -0.2) is 17.6 Å². The van der Waals surface area contributed by atoms with Crippen LogP contribution in [-0.4, -0.2) is 41.3 Å². The van der Waals surface area contributed by atoms with E-state index in [1.165, 1.54) is 17.8 Å². The molecule has 1 aromatic carbocycles. The number of alkyl halides is 3. The summed E-state index contributed by atoms with van der Waals surface area (Å²) < 4.78 is 59.3. The van der Waals surface area contributed by atoms with Gasteiger partial charge in [0.25, 0.3) is 6.43 Å². The van der Waals surface area contributed by atoms with Crippen molar-refractivity contribution in [3.05, 3.63) is 35.4 Å². The molecule has 0 radical (unpaired) electrons. The third-order valence-electron chi connectivity index (χ3n) is 3.28. The van der Waals surface area contributed by atoms with Crippen LogP contribution in [0.25, 0.3) is 5.70 Å². The Hall–Kier alpha value is -1.41. The van der Waals surface area contributed by atoms with Gasteiger partial charge in [-0.3, -0.25) is 4.79 Å². The molecule has 9 heteroatoms. The Morgan fingerprint density at radius 2 is 2.00 bits per heavy atom. The van der Waals surface area contributed by atoms with E-state index in [-0.39, 0.29) is 23.8 Å². The maximum atomic E-state index is 14.3. The third kappa shape index (κ3) is 4.16. The van der Waals surface area contributed by atoms with Gasteiger partial charge in [-0.15, -0.1) is 23.4 Å². The summed E-state index contributed by atoms with van der Waals surface area (Å²) in [7, 11) is 0. The highest BCUT2D eigenvalue weighted by Gasteiger charge is 2.34. The lowest BCUT2D eigenvalue weighted by Gasteiger charge is -2.31. The number of benzene rings is 1. The normalized spacial score (nSPS) is 18.1. The van der Waals surface area contributed by atoms with Crippen molar-refractivity contribution in [3.63, 3.8) is 0 Å². The first kappa shape index (κ1) is 18.9. The van der Waals surface area contributed by atoms with Crippen molar-refractivity contribution >= 4 is 35.0 Å². The second-order valence-corrected chi connectivity index (χ2v) is 6.29. The van der Waals surface area contributed by atoms with Gasteiger partial charge in [0.2, 0.25) is 5.91 Å².